The third-order valence-electron chi connectivity index (χ3n) is 2.94. The van der Waals surface area contributed by atoms with Crippen molar-refractivity contribution in [2.75, 3.05) is 0 Å². The molecule has 2 nitrogen and oxygen atoms in total. The maximum atomic E-state index is 4.50. The molecule has 0 atom stereocenters. The van der Waals surface area contributed by atoms with Crippen LogP contribution >= 0.6 is 0 Å². The molecule has 0 amide bonds. The van der Waals surface area contributed by atoms with E-state index < -0.39 is 0 Å². The fourth-order valence-corrected chi connectivity index (χ4v) is 2.02. The Bertz CT molecular complexity index is 708. The van der Waals surface area contributed by atoms with Gasteiger partial charge in [0.2, 0.25) is 0 Å². The summed E-state index contributed by atoms with van der Waals surface area (Å²) in [6.07, 6.45) is 3.84. The molecule has 0 aliphatic rings. The van der Waals surface area contributed by atoms with E-state index in [-0.39, 0.29) is 0 Å². The molecule has 88 valence electrons. The highest BCUT2D eigenvalue weighted by atomic mass is 14.7. The van der Waals surface area contributed by atoms with Crippen molar-refractivity contribution < 1.29 is 0 Å². The highest BCUT2D eigenvalue weighted by Gasteiger charge is 1.95. The summed E-state index contributed by atoms with van der Waals surface area (Å²) in [7, 11) is 0. The first-order chi connectivity index (χ1) is 8.81. The maximum absolute atomic E-state index is 4.50. The van der Waals surface area contributed by atoms with Crippen LogP contribution in [0.1, 0.15) is 11.1 Å². The SMILES string of the molecule is Cc1cccc(C=Nc2ccc3cc[nH]c3c2)c1. The van der Waals surface area contributed by atoms with Crippen molar-refractivity contribution in [2.45, 2.75) is 6.92 Å². The van der Waals surface area contributed by atoms with Crippen LogP contribution in [0.3, 0.4) is 0 Å². The third kappa shape index (κ3) is 2.18. The lowest BCUT2D eigenvalue weighted by Gasteiger charge is -1.96. The van der Waals surface area contributed by atoms with E-state index in [4.69, 9.17) is 0 Å². The molecule has 1 aromatic heterocycles. The van der Waals surface area contributed by atoms with E-state index in [0.29, 0.717) is 0 Å². The number of hydrogen-bond donors (Lipinski definition) is 1. The number of aromatic amines is 1. The molecule has 0 aliphatic carbocycles. The van der Waals surface area contributed by atoms with Crippen LogP contribution in [0.4, 0.5) is 5.69 Å². The molecular formula is C16H14N2. The Balaban J connectivity index is 1.91. The Morgan fingerprint density at radius 3 is 2.89 bits per heavy atom. The van der Waals surface area contributed by atoms with Crippen molar-refractivity contribution in [1.29, 1.82) is 0 Å². The molecule has 0 radical (unpaired) electrons. The van der Waals surface area contributed by atoms with Crippen molar-refractivity contribution in [2.24, 2.45) is 4.99 Å². The molecule has 0 bridgehead atoms. The summed E-state index contributed by atoms with van der Waals surface area (Å²) in [5, 5.41) is 1.21. The summed E-state index contributed by atoms with van der Waals surface area (Å²) < 4.78 is 0. The topological polar surface area (TPSA) is 28.1 Å². The molecule has 3 rings (SSSR count). The van der Waals surface area contributed by atoms with Crippen LogP contribution in [-0.2, 0) is 0 Å². The van der Waals surface area contributed by atoms with E-state index in [1.165, 1.54) is 10.9 Å². The molecule has 1 heterocycles. The number of H-pyrrole nitrogens is 1. The fourth-order valence-electron chi connectivity index (χ4n) is 2.02. The van der Waals surface area contributed by atoms with E-state index in [2.05, 4.69) is 53.3 Å². The number of aliphatic imine (C=N–C) groups is 1. The summed E-state index contributed by atoms with van der Waals surface area (Å²) in [6, 6.07) is 16.5. The number of aromatic nitrogens is 1. The maximum Gasteiger partial charge on any atom is 0.0650 e. The number of benzene rings is 2. The Morgan fingerprint density at radius 2 is 2.00 bits per heavy atom. The lowest BCUT2D eigenvalue weighted by Crippen LogP contribution is -1.81. The van der Waals surface area contributed by atoms with Crippen molar-refractivity contribution in [3.05, 3.63) is 65.9 Å². The zero-order chi connectivity index (χ0) is 12.4. The zero-order valence-corrected chi connectivity index (χ0v) is 10.2. The van der Waals surface area contributed by atoms with Crippen LogP contribution in [-0.4, -0.2) is 11.2 Å². The second kappa shape index (κ2) is 4.49. The van der Waals surface area contributed by atoms with Gasteiger partial charge in [-0.15, -0.1) is 0 Å². The number of rotatable bonds is 2. The molecule has 0 saturated heterocycles. The highest BCUT2D eigenvalue weighted by molar-refractivity contribution is 5.86. The van der Waals surface area contributed by atoms with E-state index in [0.717, 1.165) is 16.8 Å². The van der Waals surface area contributed by atoms with E-state index >= 15 is 0 Å². The number of fused-ring (bicyclic) bond motifs is 1. The zero-order valence-electron chi connectivity index (χ0n) is 10.2. The fraction of sp³-hybridized carbons (Fsp3) is 0.0625. The van der Waals surface area contributed by atoms with Crippen LogP contribution in [0.25, 0.3) is 10.9 Å². The molecule has 0 aliphatic heterocycles. The van der Waals surface area contributed by atoms with Gasteiger partial charge in [0.25, 0.3) is 0 Å². The van der Waals surface area contributed by atoms with Crippen LogP contribution in [0.15, 0.2) is 59.7 Å². The summed E-state index contributed by atoms with van der Waals surface area (Å²) in [5.41, 5.74) is 4.46. The first-order valence-corrected chi connectivity index (χ1v) is 5.99. The van der Waals surface area contributed by atoms with Gasteiger partial charge in [-0.3, -0.25) is 4.99 Å². The normalized spacial score (nSPS) is 11.4. The van der Waals surface area contributed by atoms with Gasteiger partial charge in [-0.25, -0.2) is 0 Å². The van der Waals surface area contributed by atoms with Crippen molar-refractivity contribution in [3.8, 4) is 0 Å². The molecule has 0 saturated carbocycles. The van der Waals surface area contributed by atoms with Crippen LogP contribution in [0.2, 0.25) is 0 Å². The standard InChI is InChI=1S/C16H14N2/c1-12-3-2-4-13(9-12)11-18-15-6-5-14-7-8-17-16(14)10-15/h2-11,17H,1H3. The minimum atomic E-state index is 0.964. The molecular weight excluding hydrogens is 220 g/mol. The van der Waals surface area contributed by atoms with Gasteiger partial charge < -0.3 is 4.98 Å². The first-order valence-electron chi connectivity index (χ1n) is 5.99. The average Bonchev–Trinajstić information content (AvgIpc) is 2.84. The number of aryl methyl sites for hydroxylation is 1. The molecule has 0 fully saturated rings. The summed E-state index contributed by atoms with van der Waals surface area (Å²) >= 11 is 0. The Kier molecular flexibility index (Phi) is 2.69. The van der Waals surface area contributed by atoms with Gasteiger partial charge in [-0.05, 0) is 36.1 Å². The summed E-state index contributed by atoms with van der Waals surface area (Å²) in [4.78, 5) is 7.70. The lowest BCUT2D eigenvalue weighted by atomic mass is 10.1. The highest BCUT2D eigenvalue weighted by Crippen LogP contribution is 2.19. The van der Waals surface area contributed by atoms with Crippen molar-refractivity contribution in [1.82, 2.24) is 4.98 Å². The molecule has 2 aromatic carbocycles. The smallest absolute Gasteiger partial charge is 0.0650 e. The van der Waals surface area contributed by atoms with Gasteiger partial charge in [0, 0.05) is 17.9 Å². The number of nitrogens with zero attached hydrogens (tertiary/aromatic N) is 1. The largest absolute Gasteiger partial charge is 0.361 e. The van der Waals surface area contributed by atoms with Gasteiger partial charge in [-0.1, -0.05) is 35.9 Å². The first kappa shape index (κ1) is 10.8. The number of nitrogens with one attached hydrogen (secondary N) is 1. The van der Waals surface area contributed by atoms with Crippen molar-refractivity contribution >= 4 is 22.8 Å². The quantitative estimate of drug-likeness (QED) is 0.643. The summed E-state index contributed by atoms with van der Waals surface area (Å²) in [6.45, 7) is 2.09. The van der Waals surface area contributed by atoms with Gasteiger partial charge in [-0.2, -0.15) is 0 Å². The second-order valence-corrected chi connectivity index (χ2v) is 4.42. The molecule has 0 spiro atoms. The van der Waals surface area contributed by atoms with Gasteiger partial charge >= 0.3 is 0 Å². The summed E-state index contributed by atoms with van der Waals surface area (Å²) in [5.74, 6) is 0. The minimum absolute atomic E-state index is 0.964. The lowest BCUT2D eigenvalue weighted by molar-refractivity contribution is 1.45. The van der Waals surface area contributed by atoms with Gasteiger partial charge in [0.05, 0.1) is 5.69 Å². The number of hydrogen-bond acceptors (Lipinski definition) is 1. The van der Waals surface area contributed by atoms with E-state index in [9.17, 15) is 0 Å². The molecule has 0 unspecified atom stereocenters. The van der Waals surface area contributed by atoms with E-state index in [1.807, 2.05) is 24.5 Å². The molecule has 18 heavy (non-hydrogen) atoms. The third-order valence-corrected chi connectivity index (χ3v) is 2.94. The minimum Gasteiger partial charge on any atom is -0.361 e. The second-order valence-electron chi connectivity index (χ2n) is 4.42. The van der Waals surface area contributed by atoms with Crippen molar-refractivity contribution in [3.63, 3.8) is 0 Å². The molecule has 3 aromatic rings. The Morgan fingerprint density at radius 1 is 1.06 bits per heavy atom. The van der Waals surface area contributed by atoms with Crippen LogP contribution < -0.4 is 0 Å². The van der Waals surface area contributed by atoms with Crippen LogP contribution in [0.5, 0.6) is 0 Å². The van der Waals surface area contributed by atoms with E-state index in [1.54, 1.807) is 0 Å². The predicted molar refractivity (Wildman–Crippen MR) is 76.7 cm³/mol. The molecule has 2 heteroatoms. The van der Waals surface area contributed by atoms with Gasteiger partial charge in [0.1, 0.15) is 0 Å². The average molecular weight is 234 g/mol. The Labute approximate surface area is 106 Å². The monoisotopic (exact) mass is 234 g/mol. The predicted octanol–water partition coefficient (Wildman–Crippen LogP) is 4.23. The van der Waals surface area contributed by atoms with Crippen LogP contribution in [0, 0.1) is 6.92 Å². The van der Waals surface area contributed by atoms with Gasteiger partial charge in [0.15, 0.2) is 0 Å². The Hall–Kier alpha value is -2.35. The molecule has 1 N–H and O–H groups in total.